The minimum Gasteiger partial charge on any atom is -0.484 e. The van der Waals surface area contributed by atoms with Crippen LogP contribution >= 0.6 is 11.3 Å². The summed E-state index contributed by atoms with van der Waals surface area (Å²) in [6, 6.07) is 3.84. The molecule has 0 aliphatic heterocycles. The molecule has 0 saturated carbocycles. The normalized spacial score (nSPS) is 10.7. The van der Waals surface area contributed by atoms with Crippen LogP contribution in [0.25, 0.3) is 0 Å². The summed E-state index contributed by atoms with van der Waals surface area (Å²) in [6.07, 6.45) is 1.43. The van der Waals surface area contributed by atoms with Crippen molar-refractivity contribution in [1.29, 1.82) is 0 Å². The number of ether oxygens (including phenoxy) is 1. The molecule has 0 aromatic carbocycles. The molecule has 0 fully saturated rings. The summed E-state index contributed by atoms with van der Waals surface area (Å²) in [4.78, 5) is 20.4. The van der Waals surface area contributed by atoms with Gasteiger partial charge in [-0.05, 0) is 11.4 Å². The number of carboxylic acids is 1. The topological polar surface area (TPSA) is 72.3 Å². The van der Waals surface area contributed by atoms with Crippen LogP contribution in [0.2, 0.25) is 0 Å². The fraction of sp³-hybridized carbons (Fsp3) is 0.308. The van der Waals surface area contributed by atoms with Gasteiger partial charge in [-0.2, -0.15) is 0 Å². The number of hydrogen-bond donors (Lipinski definition) is 1. The highest BCUT2D eigenvalue weighted by Crippen LogP contribution is 2.20. The van der Waals surface area contributed by atoms with Crippen molar-refractivity contribution in [3.05, 3.63) is 40.1 Å². The van der Waals surface area contributed by atoms with E-state index in [-0.39, 0.29) is 17.4 Å². The molecule has 2 rings (SSSR count). The molecule has 2 heterocycles. The molecule has 2 aromatic heterocycles. The fourth-order valence-electron chi connectivity index (χ4n) is 1.47. The first-order valence-electron chi connectivity index (χ1n) is 5.83. The van der Waals surface area contributed by atoms with Crippen LogP contribution < -0.4 is 4.74 Å². The van der Waals surface area contributed by atoms with Crippen LogP contribution in [0.15, 0.2) is 23.7 Å². The molecule has 1 N–H and O–H groups in total. The van der Waals surface area contributed by atoms with Gasteiger partial charge >= 0.3 is 5.97 Å². The summed E-state index contributed by atoms with van der Waals surface area (Å²) >= 11 is 1.55. The Morgan fingerprint density at radius 1 is 1.53 bits per heavy atom. The zero-order valence-electron chi connectivity index (χ0n) is 10.7. The summed E-state index contributed by atoms with van der Waals surface area (Å²) in [5.74, 6) is -0.332. The lowest BCUT2D eigenvalue weighted by Gasteiger charge is -2.09. The molecule has 0 bridgehead atoms. The number of thiophene rings is 1. The van der Waals surface area contributed by atoms with Gasteiger partial charge in [0.15, 0.2) is 11.4 Å². The van der Waals surface area contributed by atoms with Crippen molar-refractivity contribution in [2.75, 3.05) is 0 Å². The highest BCUT2D eigenvalue weighted by atomic mass is 32.1. The van der Waals surface area contributed by atoms with Gasteiger partial charge in [0.25, 0.3) is 0 Å². The minimum atomic E-state index is -1.11. The van der Waals surface area contributed by atoms with Crippen LogP contribution in [0.3, 0.4) is 0 Å². The van der Waals surface area contributed by atoms with Gasteiger partial charge < -0.3 is 9.84 Å². The van der Waals surface area contributed by atoms with Crippen LogP contribution in [-0.4, -0.2) is 21.0 Å². The van der Waals surface area contributed by atoms with E-state index >= 15 is 0 Å². The third-order valence-corrected chi connectivity index (χ3v) is 3.29. The zero-order valence-corrected chi connectivity index (χ0v) is 11.5. The van der Waals surface area contributed by atoms with E-state index in [4.69, 9.17) is 9.84 Å². The lowest BCUT2D eigenvalue weighted by molar-refractivity contribution is 0.0684. The molecular formula is C13H14N2O3S. The molecule has 0 aliphatic carbocycles. The number of carboxylic acid groups (broad SMARTS) is 1. The molecule has 0 amide bonds. The Morgan fingerprint density at radius 3 is 2.89 bits per heavy atom. The van der Waals surface area contributed by atoms with Crippen molar-refractivity contribution in [3.8, 4) is 5.75 Å². The Bertz CT molecular complexity index is 567. The molecule has 5 nitrogen and oxygen atoms in total. The van der Waals surface area contributed by atoms with E-state index in [1.807, 2.05) is 31.4 Å². The van der Waals surface area contributed by atoms with Crippen LogP contribution in [0.5, 0.6) is 5.75 Å². The van der Waals surface area contributed by atoms with E-state index in [1.54, 1.807) is 11.3 Å². The van der Waals surface area contributed by atoms with Gasteiger partial charge in [0.1, 0.15) is 12.4 Å². The molecule has 2 aromatic rings. The van der Waals surface area contributed by atoms with Gasteiger partial charge in [-0.3, -0.25) is 0 Å². The van der Waals surface area contributed by atoms with Gasteiger partial charge in [-0.25, -0.2) is 14.8 Å². The quantitative estimate of drug-likeness (QED) is 0.910. The molecule has 0 spiro atoms. The third-order valence-electron chi connectivity index (χ3n) is 2.44. The van der Waals surface area contributed by atoms with Crippen molar-refractivity contribution in [1.82, 2.24) is 9.97 Å². The maximum Gasteiger partial charge on any atom is 0.358 e. The van der Waals surface area contributed by atoms with Crippen LogP contribution in [0, 0.1) is 0 Å². The first-order valence-corrected chi connectivity index (χ1v) is 6.71. The number of carbonyl (C=O) groups is 1. The number of aromatic nitrogens is 2. The predicted octanol–water partition coefficient (Wildman–Crippen LogP) is 2.94. The maximum absolute atomic E-state index is 11.2. The SMILES string of the molecule is CC(C)c1ncc(OCc2cccs2)c(C(=O)O)n1. The molecule has 6 heteroatoms. The van der Waals surface area contributed by atoms with Gasteiger partial charge in [-0.15, -0.1) is 11.3 Å². The van der Waals surface area contributed by atoms with Crippen molar-refractivity contribution >= 4 is 17.3 Å². The number of aromatic carboxylic acids is 1. The summed E-state index contributed by atoms with van der Waals surface area (Å²) in [6.45, 7) is 4.14. The Hall–Kier alpha value is -1.95. The molecule has 19 heavy (non-hydrogen) atoms. The Morgan fingerprint density at radius 2 is 2.32 bits per heavy atom. The van der Waals surface area contributed by atoms with E-state index in [0.717, 1.165) is 4.88 Å². The largest absolute Gasteiger partial charge is 0.484 e. The lowest BCUT2D eigenvalue weighted by Crippen LogP contribution is -2.10. The summed E-state index contributed by atoms with van der Waals surface area (Å²) < 4.78 is 5.48. The first-order chi connectivity index (χ1) is 9.08. The van der Waals surface area contributed by atoms with Crippen LogP contribution in [0.4, 0.5) is 0 Å². The second-order valence-electron chi connectivity index (χ2n) is 4.27. The van der Waals surface area contributed by atoms with Crippen LogP contribution in [-0.2, 0) is 6.61 Å². The number of nitrogens with zero attached hydrogens (tertiary/aromatic N) is 2. The first kappa shape index (κ1) is 13.5. The zero-order chi connectivity index (χ0) is 13.8. The molecule has 0 unspecified atom stereocenters. The van der Waals surface area contributed by atoms with Gasteiger partial charge in [0, 0.05) is 10.8 Å². The minimum absolute atomic E-state index is 0.0736. The van der Waals surface area contributed by atoms with Crippen molar-refractivity contribution in [2.45, 2.75) is 26.4 Å². The van der Waals surface area contributed by atoms with E-state index in [1.165, 1.54) is 6.20 Å². The van der Waals surface area contributed by atoms with E-state index in [0.29, 0.717) is 12.4 Å². The monoisotopic (exact) mass is 278 g/mol. The third kappa shape index (κ3) is 3.29. The highest BCUT2D eigenvalue weighted by molar-refractivity contribution is 7.09. The van der Waals surface area contributed by atoms with Gasteiger partial charge in [0.05, 0.1) is 6.20 Å². The second kappa shape index (κ2) is 5.79. The van der Waals surface area contributed by atoms with E-state index in [9.17, 15) is 4.79 Å². The second-order valence-corrected chi connectivity index (χ2v) is 5.30. The molecule has 0 atom stereocenters. The summed E-state index contributed by atoms with van der Waals surface area (Å²) in [5.41, 5.74) is -0.0877. The van der Waals surface area contributed by atoms with Gasteiger partial charge in [0.2, 0.25) is 0 Å². The predicted molar refractivity (Wildman–Crippen MR) is 71.7 cm³/mol. The summed E-state index contributed by atoms with van der Waals surface area (Å²) in [7, 11) is 0. The Labute approximate surface area is 114 Å². The molecule has 0 aliphatic rings. The molecule has 0 saturated heterocycles. The molecule has 100 valence electrons. The van der Waals surface area contributed by atoms with E-state index < -0.39 is 5.97 Å². The standard InChI is InChI=1S/C13H14N2O3S/c1-8(2)12-14-6-10(11(15-12)13(16)17)18-7-9-4-3-5-19-9/h3-6,8H,7H2,1-2H3,(H,16,17). The molecular weight excluding hydrogens is 264 g/mol. The van der Waals surface area contributed by atoms with Gasteiger partial charge in [-0.1, -0.05) is 19.9 Å². The highest BCUT2D eigenvalue weighted by Gasteiger charge is 2.17. The average molecular weight is 278 g/mol. The van der Waals surface area contributed by atoms with Crippen LogP contribution in [0.1, 0.15) is 41.0 Å². The summed E-state index contributed by atoms with van der Waals surface area (Å²) in [5, 5.41) is 11.1. The van der Waals surface area contributed by atoms with Crippen molar-refractivity contribution in [2.24, 2.45) is 0 Å². The Kier molecular flexibility index (Phi) is 4.11. The average Bonchev–Trinajstić information content (AvgIpc) is 2.89. The Balaban J connectivity index is 2.21. The smallest absolute Gasteiger partial charge is 0.358 e. The maximum atomic E-state index is 11.2. The number of rotatable bonds is 5. The fourth-order valence-corrected chi connectivity index (χ4v) is 2.08. The van der Waals surface area contributed by atoms with Crippen molar-refractivity contribution < 1.29 is 14.6 Å². The van der Waals surface area contributed by atoms with Crippen molar-refractivity contribution in [3.63, 3.8) is 0 Å². The van der Waals surface area contributed by atoms with E-state index in [2.05, 4.69) is 9.97 Å². The molecule has 0 radical (unpaired) electrons. The lowest BCUT2D eigenvalue weighted by atomic mass is 10.2. The number of hydrogen-bond acceptors (Lipinski definition) is 5.